The monoisotopic (exact) mass is 523 g/mol. The van der Waals surface area contributed by atoms with Gasteiger partial charge in [-0.25, -0.2) is 17.8 Å². The molecule has 192 valence electrons. The number of nitrogens with one attached hydrogen (secondary N) is 2. The van der Waals surface area contributed by atoms with E-state index in [2.05, 4.69) is 15.3 Å². The zero-order valence-electron chi connectivity index (χ0n) is 20.7. The summed E-state index contributed by atoms with van der Waals surface area (Å²) in [6.45, 7) is 1.86. The Kier molecular flexibility index (Phi) is 7.30. The molecule has 1 atom stereocenters. The quantitative estimate of drug-likeness (QED) is 0.325. The minimum atomic E-state index is -3.59. The van der Waals surface area contributed by atoms with Crippen LogP contribution in [-0.2, 0) is 14.6 Å². The van der Waals surface area contributed by atoms with Crippen molar-refractivity contribution < 1.29 is 27.1 Å². The third-order valence-corrected chi connectivity index (χ3v) is 6.97. The molecule has 0 spiro atoms. The van der Waals surface area contributed by atoms with Crippen LogP contribution in [0.3, 0.4) is 0 Å². The van der Waals surface area contributed by atoms with E-state index in [0.717, 1.165) is 17.9 Å². The molecule has 0 fully saturated rings. The van der Waals surface area contributed by atoms with Crippen LogP contribution < -0.4 is 14.8 Å². The Bertz CT molecular complexity index is 1610. The molecule has 0 aliphatic carbocycles. The van der Waals surface area contributed by atoms with Crippen molar-refractivity contribution in [3.05, 3.63) is 77.9 Å². The van der Waals surface area contributed by atoms with Gasteiger partial charge in [0.2, 0.25) is 5.91 Å². The summed E-state index contributed by atoms with van der Waals surface area (Å²) in [5, 5.41) is 3.61. The number of methoxy groups -OCH3 is 2. The van der Waals surface area contributed by atoms with Gasteiger partial charge in [-0.15, -0.1) is 0 Å². The summed E-state index contributed by atoms with van der Waals surface area (Å²) in [5.41, 5.74) is 3.04. The highest BCUT2D eigenvalue weighted by Crippen LogP contribution is 2.30. The third kappa shape index (κ3) is 5.80. The van der Waals surface area contributed by atoms with Crippen molar-refractivity contribution in [1.82, 2.24) is 15.3 Å². The predicted molar refractivity (Wildman–Crippen MR) is 140 cm³/mol. The molecular formula is C27H26FN3O5S. The number of aromatic amines is 1. The molecule has 0 aliphatic rings. The minimum Gasteiger partial charge on any atom is -0.493 e. The lowest BCUT2D eigenvalue weighted by Gasteiger charge is -2.15. The van der Waals surface area contributed by atoms with E-state index in [4.69, 9.17) is 9.47 Å². The van der Waals surface area contributed by atoms with Crippen molar-refractivity contribution in [2.75, 3.05) is 20.5 Å². The lowest BCUT2D eigenvalue weighted by Crippen LogP contribution is -2.24. The highest BCUT2D eigenvalue weighted by atomic mass is 32.2. The first kappa shape index (κ1) is 25.9. The maximum atomic E-state index is 14.1. The molecule has 10 heteroatoms. The molecule has 2 aromatic heterocycles. The highest BCUT2D eigenvalue weighted by molar-refractivity contribution is 7.90. The Morgan fingerprint density at radius 3 is 2.54 bits per heavy atom. The van der Waals surface area contributed by atoms with Crippen LogP contribution in [0.1, 0.15) is 24.1 Å². The molecule has 0 aliphatic heterocycles. The number of aromatic nitrogens is 2. The van der Waals surface area contributed by atoms with Gasteiger partial charge in [0.05, 0.1) is 25.2 Å². The fourth-order valence-corrected chi connectivity index (χ4v) is 4.56. The van der Waals surface area contributed by atoms with E-state index >= 15 is 0 Å². The second kappa shape index (κ2) is 10.4. The molecule has 0 radical (unpaired) electrons. The summed E-state index contributed by atoms with van der Waals surface area (Å²) >= 11 is 0. The molecule has 37 heavy (non-hydrogen) atoms. The number of amides is 1. The van der Waals surface area contributed by atoms with Crippen LogP contribution in [-0.4, -0.2) is 44.8 Å². The van der Waals surface area contributed by atoms with Gasteiger partial charge in [-0.05, 0) is 60.5 Å². The van der Waals surface area contributed by atoms with Crippen LogP contribution in [0, 0.1) is 5.82 Å². The van der Waals surface area contributed by atoms with Crippen molar-refractivity contribution in [2.45, 2.75) is 17.9 Å². The first-order valence-corrected chi connectivity index (χ1v) is 13.2. The zero-order valence-corrected chi connectivity index (χ0v) is 21.5. The van der Waals surface area contributed by atoms with E-state index in [1.165, 1.54) is 24.4 Å². The van der Waals surface area contributed by atoms with E-state index in [0.29, 0.717) is 39.2 Å². The van der Waals surface area contributed by atoms with E-state index in [1.54, 1.807) is 38.6 Å². The second-order valence-electron chi connectivity index (χ2n) is 8.49. The van der Waals surface area contributed by atoms with Crippen molar-refractivity contribution in [2.24, 2.45) is 0 Å². The summed E-state index contributed by atoms with van der Waals surface area (Å²) < 4.78 is 48.6. The predicted octanol–water partition coefficient (Wildman–Crippen LogP) is 4.68. The number of sulfone groups is 1. The average molecular weight is 524 g/mol. The maximum Gasteiger partial charge on any atom is 0.244 e. The van der Waals surface area contributed by atoms with E-state index < -0.39 is 15.7 Å². The number of ether oxygens (including phenoxy) is 2. The number of nitrogens with zero attached hydrogens (tertiary/aromatic N) is 1. The van der Waals surface area contributed by atoms with Crippen LogP contribution in [0.4, 0.5) is 4.39 Å². The molecule has 1 unspecified atom stereocenters. The lowest BCUT2D eigenvalue weighted by atomic mass is 10.1. The van der Waals surface area contributed by atoms with Gasteiger partial charge in [-0.3, -0.25) is 4.79 Å². The molecule has 4 aromatic rings. The van der Waals surface area contributed by atoms with Crippen molar-refractivity contribution in [3.8, 4) is 22.6 Å². The van der Waals surface area contributed by atoms with E-state index in [1.807, 2.05) is 19.1 Å². The summed E-state index contributed by atoms with van der Waals surface area (Å²) in [6, 6.07) is 10.6. The second-order valence-corrected chi connectivity index (χ2v) is 10.5. The Morgan fingerprint density at radius 2 is 1.84 bits per heavy atom. The number of rotatable bonds is 8. The van der Waals surface area contributed by atoms with Crippen LogP contribution in [0.15, 0.2) is 65.8 Å². The highest BCUT2D eigenvalue weighted by Gasteiger charge is 2.14. The van der Waals surface area contributed by atoms with E-state index in [9.17, 15) is 17.6 Å². The van der Waals surface area contributed by atoms with Gasteiger partial charge in [-0.1, -0.05) is 6.07 Å². The molecule has 1 amide bonds. The first-order valence-electron chi connectivity index (χ1n) is 11.3. The molecule has 4 rings (SSSR count). The molecule has 2 N–H and O–H groups in total. The normalized spacial score (nSPS) is 12.6. The topological polar surface area (TPSA) is 110 Å². The first-order chi connectivity index (χ1) is 17.6. The van der Waals surface area contributed by atoms with Gasteiger partial charge < -0.3 is 19.8 Å². The molecular weight excluding hydrogens is 497 g/mol. The number of halogens is 1. The number of pyridine rings is 1. The molecule has 0 bridgehead atoms. The van der Waals surface area contributed by atoms with Gasteiger partial charge in [0.15, 0.2) is 21.3 Å². The third-order valence-electron chi connectivity index (χ3n) is 5.88. The van der Waals surface area contributed by atoms with Gasteiger partial charge in [0, 0.05) is 41.2 Å². The molecule has 8 nitrogen and oxygen atoms in total. The van der Waals surface area contributed by atoms with Gasteiger partial charge in [0.25, 0.3) is 0 Å². The van der Waals surface area contributed by atoms with Crippen LogP contribution in [0.25, 0.3) is 28.2 Å². The van der Waals surface area contributed by atoms with Crippen LogP contribution in [0.5, 0.6) is 11.5 Å². The van der Waals surface area contributed by atoms with Crippen molar-refractivity contribution in [1.29, 1.82) is 0 Å². The summed E-state index contributed by atoms with van der Waals surface area (Å²) in [7, 11) is -0.480. The smallest absolute Gasteiger partial charge is 0.244 e. The summed E-state index contributed by atoms with van der Waals surface area (Å²) in [6.07, 6.45) is 7.32. The number of hydrogen-bond donors (Lipinski definition) is 2. The minimum absolute atomic E-state index is 0.114. The van der Waals surface area contributed by atoms with Crippen molar-refractivity contribution >= 4 is 32.9 Å². The summed E-state index contributed by atoms with van der Waals surface area (Å²) in [4.78, 5) is 19.9. The summed E-state index contributed by atoms with van der Waals surface area (Å²) in [5.74, 6) is 0.208. The fourth-order valence-electron chi connectivity index (χ4n) is 3.90. The van der Waals surface area contributed by atoms with Gasteiger partial charge in [-0.2, -0.15) is 0 Å². The standard InChI is InChI=1S/C27H26FN3O5S/c1-16(17-5-7-24(35-2)25(12-17)36-3)31-26(32)8-6-18-14-29-27-23(18)11-20(15-30-27)19-9-21(28)13-22(10-19)37(4,33)34/h5-16H,1-4H3,(H,29,30)(H,31,32). The van der Waals surface area contributed by atoms with Gasteiger partial charge in [0.1, 0.15) is 11.5 Å². The fraction of sp³-hybridized carbons (Fsp3) is 0.185. The maximum absolute atomic E-state index is 14.1. The van der Waals surface area contributed by atoms with E-state index in [-0.39, 0.29) is 16.8 Å². The molecule has 2 aromatic carbocycles. The Morgan fingerprint density at radius 1 is 1.08 bits per heavy atom. The Hall–Kier alpha value is -4.18. The molecule has 0 saturated carbocycles. The number of hydrogen-bond acceptors (Lipinski definition) is 6. The van der Waals surface area contributed by atoms with Crippen LogP contribution >= 0.6 is 0 Å². The number of H-pyrrole nitrogens is 1. The Labute approximate surface area is 214 Å². The van der Waals surface area contributed by atoms with Crippen LogP contribution in [0.2, 0.25) is 0 Å². The number of fused-ring (bicyclic) bond motifs is 1. The SMILES string of the molecule is COc1ccc(C(C)NC(=O)C=Cc2c[nH]c3ncc(-c4cc(F)cc(S(C)(=O)=O)c4)cc23)cc1OC. The number of carbonyl (C=O) groups excluding carboxylic acids is 1. The average Bonchev–Trinajstić information content (AvgIpc) is 3.28. The van der Waals surface area contributed by atoms with Gasteiger partial charge >= 0.3 is 0 Å². The molecule has 0 saturated heterocycles. The zero-order chi connectivity index (χ0) is 26.7. The Balaban J connectivity index is 1.56. The number of carbonyl (C=O) groups is 1. The molecule has 2 heterocycles. The largest absolute Gasteiger partial charge is 0.493 e. The number of benzene rings is 2. The lowest BCUT2D eigenvalue weighted by molar-refractivity contribution is -0.117. The van der Waals surface area contributed by atoms with Crippen molar-refractivity contribution in [3.63, 3.8) is 0 Å².